The standard InChI is InChI=1S/C8H13NO2/c1-7(2,5-9)8(10)3-4-11-6-8/h10H,3-4,6H2,1-2H3. The number of ether oxygens (including phenoxy) is 1. The van der Waals surface area contributed by atoms with Gasteiger partial charge in [-0.1, -0.05) is 0 Å². The minimum atomic E-state index is -0.943. The highest BCUT2D eigenvalue weighted by Gasteiger charge is 2.46. The summed E-state index contributed by atoms with van der Waals surface area (Å²) in [6.45, 7) is 4.32. The molecule has 62 valence electrons. The van der Waals surface area contributed by atoms with E-state index in [2.05, 4.69) is 6.07 Å². The van der Waals surface area contributed by atoms with Gasteiger partial charge in [-0.3, -0.25) is 0 Å². The zero-order valence-corrected chi connectivity index (χ0v) is 6.92. The van der Waals surface area contributed by atoms with Gasteiger partial charge < -0.3 is 9.84 Å². The fraction of sp³-hybridized carbons (Fsp3) is 0.875. The summed E-state index contributed by atoms with van der Waals surface area (Å²) in [5.41, 5.74) is -1.65. The van der Waals surface area contributed by atoms with Crippen LogP contribution in [0.25, 0.3) is 0 Å². The molecule has 0 aromatic heterocycles. The van der Waals surface area contributed by atoms with Crippen LogP contribution in [-0.4, -0.2) is 23.9 Å². The Balaban J connectivity index is 2.80. The van der Waals surface area contributed by atoms with Crippen molar-refractivity contribution in [2.45, 2.75) is 25.9 Å². The lowest BCUT2D eigenvalue weighted by Gasteiger charge is -2.32. The molecule has 1 aliphatic heterocycles. The molecule has 1 saturated heterocycles. The van der Waals surface area contributed by atoms with E-state index in [0.717, 1.165) is 0 Å². The van der Waals surface area contributed by atoms with Crippen molar-refractivity contribution in [2.24, 2.45) is 5.41 Å². The molecule has 1 atom stereocenters. The van der Waals surface area contributed by atoms with E-state index in [0.29, 0.717) is 13.0 Å². The van der Waals surface area contributed by atoms with Crippen LogP contribution in [0.2, 0.25) is 0 Å². The number of nitriles is 1. The van der Waals surface area contributed by atoms with Gasteiger partial charge in [-0.25, -0.2) is 0 Å². The van der Waals surface area contributed by atoms with Crippen LogP contribution in [0.3, 0.4) is 0 Å². The molecule has 3 nitrogen and oxygen atoms in total. The average molecular weight is 155 g/mol. The van der Waals surface area contributed by atoms with Crippen molar-refractivity contribution in [3.63, 3.8) is 0 Å². The fourth-order valence-corrected chi connectivity index (χ4v) is 1.15. The molecule has 0 amide bonds. The number of rotatable bonds is 1. The average Bonchev–Trinajstić information content (AvgIpc) is 2.38. The number of nitrogens with zero attached hydrogens (tertiary/aromatic N) is 1. The maximum atomic E-state index is 9.87. The van der Waals surface area contributed by atoms with Crippen molar-refractivity contribution >= 4 is 0 Å². The topological polar surface area (TPSA) is 53.2 Å². The lowest BCUT2D eigenvalue weighted by molar-refractivity contribution is -0.0429. The Morgan fingerprint density at radius 1 is 1.64 bits per heavy atom. The molecule has 3 heteroatoms. The van der Waals surface area contributed by atoms with E-state index in [1.807, 2.05) is 0 Å². The van der Waals surface area contributed by atoms with Gasteiger partial charge >= 0.3 is 0 Å². The number of hydrogen-bond acceptors (Lipinski definition) is 3. The van der Waals surface area contributed by atoms with Crippen molar-refractivity contribution in [1.82, 2.24) is 0 Å². The first kappa shape index (κ1) is 8.51. The van der Waals surface area contributed by atoms with Crippen LogP contribution in [0.5, 0.6) is 0 Å². The lowest BCUT2D eigenvalue weighted by Crippen LogP contribution is -2.44. The van der Waals surface area contributed by atoms with Crippen LogP contribution < -0.4 is 0 Å². The minimum absolute atomic E-state index is 0.285. The van der Waals surface area contributed by atoms with Gasteiger partial charge in [0, 0.05) is 13.0 Å². The molecule has 1 unspecified atom stereocenters. The van der Waals surface area contributed by atoms with Gasteiger partial charge in [0.1, 0.15) is 5.60 Å². The fourth-order valence-electron chi connectivity index (χ4n) is 1.15. The Labute approximate surface area is 66.6 Å². The van der Waals surface area contributed by atoms with E-state index < -0.39 is 11.0 Å². The molecule has 1 N–H and O–H groups in total. The molecule has 0 aromatic carbocycles. The third-order valence-electron chi connectivity index (χ3n) is 2.44. The van der Waals surface area contributed by atoms with E-state index in [1.54, 1.807) is 13.8 Å². The first-order valence-electron chi connectivity index (χ1n) is 3.73. The van der Waals surface area contributed by atoms with Crippen molar-refractivity contribution in [2.75, 3.05) is 13.2 Å². The molecule has 0 bridgehead atoms. The van der Waals surface area contributed by atoms with E-state index >= 15 is 0 Å². The Hall–Kier alpha value is -0.590. The van der Waals surface area contributed by atoms with Crippen molar-refractivity contribution in [3.05, 3.63) is 0 Å². The molecule has 1 fully saturated rings. The smallest absolute Gasteiger partial charge is 0.108 e. The second-order valence-electron chi connectivity index (χ2n) is 3.57. The highest BCUT2D eigenvalue weighted by molar-refractivity contribution is 5.07. The van der Waals surface area contributed by atoms with Crippen LogP contribution in [0, 0.1) is 16.7 Å². The largest absolute Gasteiger partial charge is 0.386 e. The first-order valence-corrected chi connectivity index (χ1v) is 3.73. The van der Waals surface area contributed by atoms with Gasteiger partial charge in [0.15, 0.2) is 0 Å². The summed E-state index contributed by atoms with van der Waals surface area (Å²) >= 11 is 0. The molecule has 11 heavy (non-hydrogen) atoms. The minimum Gasteiger partial charge on any atom is -0.386 e. The van der Waals surface area contributed by atoms with Gasteiger partial charge in [0.2, 0.25) is 0 Å². The molecule has 0 spiro atoms. The molecular formula is C8H13NO2. The van der Waals surface area contributed by atoms with Crippen LogP contribution in [0.4, 0.5) is 0 Å². The van der Waals surface area contributed by atoms with Crippen LogP contribution in [-0.2, 0) is 4.74 Å². The highest BCUT2D eigenvalue weighted by Crippen LogP contribution is 2.36. The van der Waals surface area contributed by atoms with E-state index in [9.17, 15) is 5.11 Å². The number of hydrogen-bond donors (Lipinski definition) is 1. The van der Waals surface area contributed by atoms with Gasteiger partial charge in [-0.2, -0.15) is 5.26 Å². The maximum absolute atomic E-state index is 9.87. The van der Waals surface area contributed by atoms with Gasteiger partial charge in [-0.05, 0) is 13.8 Å². The van der Waals surface area contributed by atoms with Gasteiger partial charge in [0.05, 0.1) is 18.1 Å². The molecule has 0 aromatic rings. The van der Waals surface area contributed by atoms with Gasteiger partial charge in [-0.15, -0.1) is 0 Å². The predicted octanol–water partition coefficient (Wildman–Crippen LogP) is 0.688. The molecule has 1 rings (SSSR count). The van der Waals surface area contributed by atoms with Crippen molar-refractivity contribution in [1.29, 1.82) is 5.26 Å². The van der Waals surface area contributed by atoms with Crippen molar-refractivity contribution < 1.29 is 9.84 Å². The summed E-state index contributed by atoms with van der Waals surface area (Å²) in [6, 6.07) is 2.09. The molecular weight excluding hydrogens is 142 g/mol. The third kappa shape index (κ3) is 1.24. The Morgan fingerprint density at radius 3 is 2.64 bits per heavy atom. The quantitative estimate of drug-likeness (QED) is 0.606. The molecule has 0 aliphatic carbocycles. The lowest BCUT2D eigenvalue weighted by atomic mass is 9.75. The molecule has 1 heterocycles. The summed E-state index contributed by atoms with van der Waals surface area (Å²) in [4.78, 5) is 0. The molecule has 0 saturated carbocycles. The molecule has 1 aliphatic rings. The Bertz CT molecular complexity index is 187. The second-order valence-corrected chi connectivity index (χ2v) is 3.57. The zero-order chi connectivity index (χ0) is 8.54. The predicted molar refractivity (Wildman–Crippen MR) is 39.8 cm³/mol. The third-order valence-corrected chi connectivity index (χ3v) is 2.44. The first-order chi connectivity index (χ1) is 5.02. The summed E-state index contributed by atoms with van der Waals surface area (Å²) in [7, 11) is 0. The number of aliphatic hydroxyl groups is 1. The van der Waals surface area contributed by atoms with Crippen molar-refractivity contribution in [3.8, 4) is 6.07 Å². The normalized spacial score (nSPS) is 31.8. The van der Waals surface area contributed by atoms with E-state index in [1.165, 1.54) is 0 Å². The summed E-state index contributed by atoms with van der Waals surface area (Å²) in [5.74, 6) is 0. The van der Waals surface area contributed by atoms with Gasteiger partial charge in [0.25, 0.3) is 0 Å². The Kier molecular flexibility index (Phi) is 1.91. The van der Waals surface area contributed by atoms with Crippen LogP contribution in [0.15, 0.2) is 0 Å². The zero-order valence-electron chi connectivity index (χ0n) is 6.92. The SMILES string of the molecule is CC(C)(C#N)C1(O)CCOC1. The van der Waals surface area contributed by atoms with E-state index in [4.69, 9.17) is 10.00 Å². The molecule has 0 radical (unpaired) electrons. The van der Waals surface area contributed by atoms with Crippen LogP contribution >= 0.6 is 0 Å². The second kappa shape index (κ2) is 2.47. The summed E-state index contributed by atoms with van der Waals surface area (Å²) < 4.78 is 5.05. The van der Waals surface area contributed by atoms with Crippen LogP contribution in [0.1, 0.15) is 20.3 Å². The summed E-state index contributed by atoms with van der Waals surface area (Å²) in [5, 5.41) is 18.6. The van der Waals surface area contributed by atoms with E-state index in [-0.39, 0.29) is 6.61 Å². The monoisotopic (exact) mass is 155 g/mol. The Morgan fingerprint density at radius 2 is 2.27 bits per heavy atom. The maximum Gasteiger partial charge on any atom is 0.108 e. The highest BCUT2D eigenvalue weighted by atomic mass is 16.5. The summed E-state index contributed by atoms with van der Waals surface area (Å²) in [6.07, 6.45) is 0.563.